The standard InChI is InChI=1S/C26H22N6O4/c1-15-22(25(33)29-18-4-3-11-27-13-18)23(17-7-10-20-21(12-17)36-14-35-20)32-26(28-15)30-24(31-32)16-5-8-19(34-2)9-6-16/h3-13,23H,14H2,1-2H3,(H,29,33)(H,28,30,31)/t23-/m1/s1. The lowest BCUT2D eigenvalue weighted by Gasteiger charge is -2.28. The topological polar surface area (TPSA) is 112 Å². The van der Waals surface area contributed by atoms with Crippen molar-refractivity contribution in [2.24, 2.45) is 0 Å². The summed E-state index contributed by atoms with van der Waals surface area (Å²) in [6.45, 7) is 2.01. The van der Waals surface area contributed by atoms with Gasteiger partial charge in [-0.2, -0.15) is 4.98 Å². The fraction of sp³-hybridized carbons (Fsp3) is 0.154. The highest BCUT2D eigenvalue weighted by molar-refractivity contribution is 6.06. The zero-order valence-electron chi connectivity index (χ0n) is 19.6. The molecule has 0 saturated heterocycles. The van der Waals surface area contributed by atoms with Crippen molar-refractivity contribution in [1.82, 2.24) is 19.7 Å². The minimum absolute atomic E-state index is 0.157. The number of allylic oxidation sites excluding steroid dienone is 1. The van der Waals surface area contributed by atoms with Crippen LogP contribution in [0.25, 0.3) is 11.4 Å². The van der Waals surface area contributed by atoms with E-state index < -0.39 is 6.04 Å². The Morgan fingerprint density at radius 1 is 1.14 bits per heavy atom. The Kier molecular flexibility index (Phi) is 5.25. The third-order valence-corrected chi connectivity index (χ3v) is 6.08. The number of rotatable bonds is 5. The molecule has 1 amide bonds. The van der Waals surface area contributed by atoms with Crippen LogP contribution < -0.4 is 24.8 Å². The van der Waals surface area contributed by atoms with Crippen molar-refractivity contribution in [2.45, 2.75) is 13.0 Å². The van der Waals surface area contributed by atoms with E-state index in [4.69, 9.17) is 24.3 Å². The molecule has 2 N–H and O–H groups in total. The second-order valence-electron chi connectivity index (χ2n) is 8.31. The largest absolute Gasteiger partial charge is 0.497 e. The van der Waals surface area contributed by atoms with Crippen molar-refractivity contribution in [1.29, 1.82) is 0 Å². The summed E-state index contributed by atoms with van der Waals surface area (Å²) >= 11 is 0. The average Bonchev–Trinajstić information content (AvgIpc) is 3.55. The summed E-state index contributed by atoms with van der Waals surface area (Å²) in [5.74, 6) is 2.79. The zero-order chi connectivity index (χ0) is 24.6. The predicted octanol–water partition coefficient (Wildman–Crippen LogP) is 4.01. The lowest BCUT2D eigenvalue weighted by Crippen LogP contribution is -2.31. The third-order valence-electron chi connectivity index (χ3n) is 6.08. The van der Waals surface area contributed by atoms with Gasteiger partial charge in [-0.1, -0.05) is 6.07 Å². The van der Waals surface area contributed by atoms with E-state index in [1.54, 1.807) is 36.3 Å². The molecule has 4 heterocycles. The molecular formula is C26H22N6O4. The zero-order valence-corrected chi connectivity index (χ0v) is 19.6. The maximum atomic E-state index is 13.6. The molecule has 0 saturated carbocycles. The van der Waals surface area contributed by atoms with Crippen LogP contribution in [-0.2, 0) is 4.79 Å². The van der Waals surface area contributed by atoms with E-state index in [2.05, 4.69) is 15.6 Å². The fourth-order valence-corrected chi connectivity index (χ4v) is 4.33. The van der Waals surface area contributed by atoms with Gasteiger partial charge in [0.25, 0.3) is 5.91 Å². The normalized spacial score (nSPS) is 15.8. The quantitative estimate of drug-likeness (QED) is 0.439. The molecule has 0 fully saturated rings. The van der Waals surface area contributed by atoms with Crippen LogP contribution in [0.5, 0.6) is 17.2 Å². The predicted molar refractivity (Wildman–Crippen MR) is 132 cm³/mol. The number of nitrogens with one attached hydrogen (secondary N) is 2. The SMILES string of the molecule is COc1ccc(-c2nc3n(n2)[C@H](c2ccc4c(c2)OCO4)C(C(=O)Nc2cccnc2)=C(C)N3)cc1. The van der Waals surface area contributed by atoms with E-state index in [1.807, 2.05) is 49.4 Å². The number of pyridine rings is 1. The van der Waals surface area contributed by atoms with Gasteiger partial charge in [-0.15, -0.1) is 5.10 Å². The molecule has 0 bridgehead atoms. The van der Waals surface area contributed by atoms with Crippen LogP contribution in [-0.4, -0.2) is 39.6 Å². The first-order chi connectivity index (χ1) is 17.6. The van der Waals surface area contributed by atoms with Crippen LogP contribution >= 0.6 is 0 Å². The van der Waals surface area contributed by atoms with Gasteiger partial charge in [-0.25, -0.2) is 4.68 Å². The number of benzene rings is 2. The second kappa shape index (κ2) is 8.73. The third kappa shape index (κ3) is 3.78. The number of aromatic nitrogens is 4. The summed E-state index contributed by atoms with van der Waals surface area (Å²) in [4.78, 5) is 22.4. The number of fused-ring (bicyclic) bond motifs is 2. The van der Waals surface area contributed by atoms with Crippen LogP contribution in [0.15, 0.2) is 78.3 Å². The second-order valence-corrected chi connectivity index (χ2v) is 8.31. The number of anilines is 2. The van der Waals surface area contributed by atoms with Crippen molar-refractivity contribution < 1.29 is 19.0 Å². The highest BCUT2D eigenvalue weighted by atomic mass is 16.7. The number of carbonyl (C=O) groups is 1. The Balaban J connectivity index is 1.44. The minimum Gasteiger partial charge on any atom is -0.497 e. The first-order valence-electron chi connectivity index (χ1n) is 11.3. The highest BCUT2D eigenvalue weighted by Crippen LogP contribution is 2.41. The molecule has 0 unspecified atom stereocenters. The summed E-state index contributed by atoms with van der Waals surface area (Å²) in [6, 6.07) is 16.1. The molecule has 0 aliphatic carbocycles. The number of nitrogens with zero attached hydrogens (tertiary/aromatic N) is 4. The molecule has 1 atom stereocenters. The maximum absolute atomic E-state index is 13.6. The van der Waals surface area contributed by atoms with Crippen LogP contribution in [0.2, 0.25) is 0 Å². The smallest absolute Gasteiger partial charge is 0.255 e. The Hall–Kier alpha value is -4.86. The number of methoxy groups -OCH3 is 1. The number of hydrogen-bond acceptors (Lipinski definition) is 8. The van der Waals surface area contributed by atoms with E-state index >= 15 is 0 Å². The Labute approximate surface area is 206 Å². The molecular weight excluding hydrogens is 460 g/mol. The highest BCUT2D eigenvalue weighted by Gasteiger charge is 2.35. The van der Waals surface area contributed by atoms with Crippen molar-refractivity contribution in [3.05, 3.63) is 83.8 Å². The van der Waals surface area contributed by atoms with Gasteiger partial charge in [0, 0.05) is 17.5 Å². The summed E-state index contributed by atoms with van der Waals surface area (Å²) in [7, 11) is 1.62. The molecule has 2 aromatic carbocycles. The van der Waals surface area contributed by atoms with Crippen molar-refractivity contribution in [3.63, 3.8) is 0 Å². The molecule has 2 aliphatic rings. The monoisotopic (exact) mass is 482 g/mol. The lowest BCUT2D eigenvalue weighted by atomic mass is 9.94. The maximum Gasteiger partial charge on any atom is 0.255 e. The Bertz CT molecular complexity index is 1480. The molecule has 0 radical (unpaired) electrons. The van der Waals surface area contributed by atoms with Gasteiger partial charge in [0.15, 0.2) is 17.3 Å². The molecule has 10 nitrogen and oxygen atoms in total. The van der Waals surface area contributed by atoms with Crippen LogP contribution in [0.3, 0.4) is 0 Å². The first-order valence-corrected chi connectivity index (χ1v) is 11.3. The van der Waals surface area contributed by atoms with Gasteiger partial charge in [0.2, 0.25) is 12.7 Å². The minimum atomic E-state index is -0.563. The lowest BCUT2D eigenvalue weighted by molar-refractivity contribution is -0.113. The van der Waals surface area contributed by atoms with Crippen LogP contribution in [0.1, 0.15) is 18.5 Å². The van der Waals surface area contributed by atoms with E-state index in [1.165, 1.54) is 0 Å². The molecule has 4 aromatic rings. The number of amides is 1. The van der Waals surface area contributed by atoms with Crippen LogP contribution in [0, 0.1) is 0 Å². The van der Waals surface area contributed by atoms with E-state index in [0.717, 1.165) is 16.9 Å². The van der Waals surface area contributed by atoms with Gasteiger partial charge in [-0.3, -0.25) is 9.78 Å². The van der Waals surface area contributed by atoms with E-state index in [-0.39, 0.29) is 12.7 Å². The summed E-state index contributed by atoms with van der Waals surface area (Å²) < 4.78 is 18.1. The molecule has 180 valence electrons. The average molecular weight is 483 g/mol. The van der Waals surface area contributed by atoms with Gasteiger partial charge in [0.1, 0.15) is 11.8 Å². The first kappa shape index (κ1) is 21.7. The molecule has 0 spiro atoms. The van der Waals surface area contributed by atoms with Gasteiger partial charge < -0.3 is 24.8 Å². The Morgan fingerprint density at radius 2 is 1.97 bits per heavy atom. The van der Waals surface area contributed by atoms with Crippen molar-refractivity contribution in [2.75, 3.05) is 24.5 Å². The molecule has 2 aliphatic heterocycles. The van der Waals surface area contributed by atoms with Gasteiger partial charge in [0.05, 0.1) is 24.6 Å². The van der Waals surface area contributed by atoms with Crippen LogP contribution in [0.4, 0.5) is 11.6 Å². The molecule has 2 aromatic heterocycles. The molecule has 10 heteroatoms. The van der Waals surface area contributed by atoms with Gasteiger partial charge in [-0.05, 0) is 61.0 Å². The Morgan fingerprint density at radius 3 is 2.75 bits per heavy atom. The molecule has 6 rings (SSSR count). The fourth-order valence-electron chi connectivity index (χ4n) is 4.33. The van der Waals surface area contributed by atoms with Crippen molar-refractivity contribution in [3.8, 4) is 28.6 Å². The number of ether oxygens (including phenoxy) is 3. The number of carbonyl (C=O) groups excluding carboxylic acids is 1. The summed E-state index contributed by atoms with van der Waals surface area (Å²) in [5, 5.41) is 11.0. The van der Waals surface area contributed by atoms with E-state index in [0.29, 0.717) is 40.2 Å². The van der Waals surface area contributed by atoms with Crippen molar-refractivity contribution >= 4 is 17.5 Å². The van der Waals surface area contributed by atoms with Gasteiger partial charge >= 0.3 is 0 Å². The number of hydrogen-bond donors (Lipinski definition) is 2. The summed E-state index contributed by atoms with van der Waals surface area (Å²) in [6.07, 6.45) is 3.25. The summed E-state index contributed by atoms with van der Waals surface area (Å²) in [5.41, 5.74) is 3.39. The van der Waals surface area contributed by atoms with E-state index in [9.17, 15) is 4.79 Å². The molecule has 36 heavy (non-hydrogen) atoms.